The number of rotatable bonds is 5. The SMILES string of the molecule is COC(=O)C(=O)OC(=O)[C@@H]1CC[C@@H](NOCc2ccccc2)CN1. The highest BCUT2D eigenvalue weighted by Crippen LogP contribution is 2.10. The van der Waals surface area contributed by atoms with Crippen molar-refractivity contribution in [2.24, 2.45) is 0 Å². The summed E-state index contributed by atoms with van der Waals surface area (Å²) < 4.78 is 8.64. The van der Waals surface area contributed by atoms with Crippen LogP contribution in [0.25, 0.3) is 0 Å². The van der Waals surface area contributed by atoms with E-state index < -0.39 is 23.9 Å². The number of hydrogen-bond donors (Lipinski definition) is 2. The van der Waals surface area contributed by atoms with E-state index in [4.69, 9.17) is 4.84 Å². The molecule has 1 aromatic rings. The van der Waals surface area contributed by atoms with Crippen LogP contribution in [-0.2, 0) is 35.3 Å². The Bertz CT molecular complexity index is 569. The van der Waals surface area contributed by atoms with Gasteiger partial charge in [-0.15, -0.1) is 0 Å². The van der Waals surface area contributed by atoms with E-state index in [1.165, 1.54) is 0 Å². The molecule has 1 aromatic carbocycles. The van der Waals surface area contributed by atoms with Gasteiger partial charge in [-0.3, -0.25) is 4.84 Å². The Balaban J connectivity index is 1.66. The number of esters is 3. The van der Waals surface area contributed by atoms with E-state index in [0.29, 0.717) is 26.0 Å². The van der Waals surface area contributed by atoms with E-state index in [1.54, 1.807) is 0 Å². The fourth-order valence-electron chi connectivity index (χ4n) is 2.26. The van der Waals surface area contributed by atoms with Crippen LogP contribution in [0.5, 0.6) is 0 Å². The molecule has 130 valence electrons. The van der Waals surface area contributed by atoms with Gasteiger partial charge in [0.05, 0.1) is 13.7 Å². The van der Waals surface area contributed by atoms with Crippen molar-refractivity contribution < 1.29 is 28.7 Å². The molecule has 0 aromatic heterocycles. The van der Waals surface area contributed by atoms with Crippen molar-refractivity contribution in [1.82, 2.24) is 10.8 Å². The van der Waals surface area contributed by atoms with Gasteiger partial charge in [0.15, 0.2) is 0 Å². The van der Waals surface area contributed by atoms with Crippen molar-refractivity contribution in [3.63, 3.8) is 0 Å². The Kier molecular flexibility index (Phi) is 6.86. The molecule has 1 aliphatic heterocycles. The second-order valence-electron chi connectivity index (χ2n) is 5.33. The molecule has 2 N–H and O–H groups in total. The summed E-state index contributed by atoms with van der Waals surface area (Å²) in [6.07, 6.45) is 1.12. The van der Waals surface area contributed by atoms with Crippen LogP contribution < -0.4 is 10.8 Å². The van der Waals surface area contributed by atoms with Crippen LogP contribution in [0, 0.1) is 0 Å². The summed E-state index contributed by atoms with van der Waals surface area (Å²) in [6.45, 7) is 0.914. The standard InChI is InChI=1S/C16H20N2O6/c1-22-15(20)16(21)24-14(19)13-8-7-12(9-17-13)18-23-10-11-5-3-2-4-6-11/h2-6,12-13,17-18H,7-10H2,1H3/t12-,13+/m1/s1. The lowest BCUT2D eigenvalue weighted by molar-refractivity contribution is -0.173. The Morgan fingerprint density at radius 1 is 1.17 bits per heavy atom. The van der Waals surface area contributed by atoms with Gasteiger partial charge in [0.1, 0.15) is 6.04 Å². The van der Waals surface area contributed by atoms with E-state index in [1.807, 2.05) is 30.3 Å². The summed E-state index contributed by atoms with van der Waals surface area (Å²) in [5, 5.41) is 2.96. The van der Waals surface area contributed by atoms with Crippen LogP contribution in [0.1, 0.15) is 18.4 Å². The number of piperidine rings is 1. The normalized spacial score (nSPS) is 20.2. The molecular formula is C16H20N2O6. The molecule has 0 unspecified atom stereocenters. The van der Waals surface area contributed by atoms with Crippen molar-refractivity contribution in [2.75, 3.05) is 13.7 Å². The average Bonchev–Trinajstić information content (AvgIpc) is 2.62. The van der Waals surface area contributed by atoms with Gasteiger partial charge in [0, 0.05) is 12.6 Å². The molecule has 0 radical (unpaired) electrons. The number of hydrogen-bond acceptors (Lipinski definition) is 8. The lowest BCUT2D eigenvalue weighted by Gasteiger charge is -2.28. The lowest BCUT2D eigenvalue weighted by atomic mass is 10.0. The zero-order chi connectivity index (χ0) is 17.4. The van der Waals surface area contributed by atoms with Crippen LogP contribution in [0.3, 0.4) is 0 Å². The minimum atomic E-state index is -1.31. The Labute approximate surface area is 139 Å². The largest absolute Gasteiger partial charge is 0.461 e. The number of carbonyl (C=O) groups excluding carboxylic acids is 3. The maximum Gasteiger partial charge on any atom is 0.425 e. The molecule has 24 heavy (non-hydrogen) atoms. The summed E-state index contributed by atoms with van der Waals surface area (Å²) in [7, 11) is 1.04. The molecule has 1 saturated heterocycles. The molecule has 2 atom stereocenters. The number of ether oxygens (including phenoxy) is 2. The maximum atomic E-state index is 11.8. The third-order valence-corrected chi connectivity index (χ3v) is 3.58. The second-order valence-corrected chi connectivity index (χ2v) is 5.33. The molecule has 0 spiro atoms. The van der Waals surface area contributed by atoms with E-state index in [-0.39, 0.29) is 6.04 Å². The van der Waals surface area contributed by atoms with Gasteiger partial charge in [-0.2, -0.15) is 5.48 Å². The van der Waals surface area contributed by atoms with Gasteiger partial charge in [-0.1, -0.05) is 30.3 Å². The molecule has 0 aliphatic carbocycles. The van der Waals surface area contributed by atoms with E-state index in [0.717, 1.165) is 12.7 Å². The first kappa shape index (κ1) is 18.1. The molecule has 8 heteroatoms. The number of hydroxylamine groups is 1. The maximum absolute atomic E-state index is 11.8. The van der Waals surface area contributed by atoms with Gasteiger partial charge >= 0.3 is 17.9 Å². The fraction of sp³-hybridized carbons (Fsp3) is 0.438. The summed E-state index contributed by atoms with van der Waals surface area (Å²) in [4.78, 5) is 39.3. The third-order valence-electron chi connectivity index (χ3n) is 3.58. The van der Waals surface area contributed by atoms with E-state index in [2.05, 4.69) is 20.3 Å². The Morgan fingerprint density at radius 3 is 2.54 bits per heavy atom. The first-order valence-corrected chi connectivity index (χ1v) is 7.58. The number of methoxy groups -OCH3 is 1. The summed E-state index contributed by atoms with van der Waals surface area (Å²) in [5.41, 5.74) is 3.99. The van der Waals surface area contributed by atoms with Crippen molar-refractivity contribution >= 4 is 17.9 Å². The predicted molar refractivity (Wildman–Crippen MR) is 82.3 cm³/mol. The zero-order valence-electron chi connectivity index (χ0n) is 13.3. The van der Waals surface area contributed by atoms with Gasteiger partial charge < -0.3 is 14.8 Å². The van der Waals surface area contributed by atoms with Crippen molar-refractivity contribution in [1.29, 1.82) is 0 Å². The smallest absolute Gasteiger partial charge is 0.425 e. The predicted octanol–water partition coefficient (Wildman–Crippen LogP) is 0.0712. The molecule has 1 aliphatic rings. The van der Waals surface area contributed by atoms with Gasteiger partial charge in [0.25, 0.3) is 0 Å². The van der Waals surface area contributed by atoms with Crippen LogP contribution >= 0.6 is 0 Å². The number of benzene rings is 1. The van der Waals surface area contributed by atoms with Gasteiger partial charge in [-0.25, -0.2) is 14.4 Å². The molecule has 1 fully saturated rings. The summed E-state index contributed by atoms with van der Waals surface area (Å²) in [6, 6.07) is 9.14. The Morgan fingerprint density at radius 2 is 1.92 bits per heavy atom. The second kappa shape index (κ2) is 9.11. The van der Waals surface area contributed by atoms with Crippen LogP contribution in [-0.4, -0.2) is 43.6 Å². The quantitative estimate of drug-likeness (QED) is 0.337. The van der Waals surface area contributed by atoms with Crippen LogP contribution in [0.15, 0.2) is 30.3 Å². The monoisotopic (exact) mass is 336 g/mol. The minimum absolute atomic E-state index is 0.0362. The molecule has 0 amide bonds. The summed E-state index contributed by atoms with van der Waals surface area (Å²) in [5.74, 6) is -3.29. The van der Waals surface area contributed by atoms with Gasteiger partial charge in [0.2, 0.25) is 0 Å². The van der Waals surface area contributed by atoms with Gasteiger partial charge in [-0.05, 0) is 18.4 Å². The van der Waals surface area contributed by atoms with Crippen LogP contribution in [0.2, 0.25) is 0 Å². The van der Waals surface area contributed by atoms with E-state index in [9.17, 15) is 14.4 Å². The summed E-state index contributed by atoms with van der Waals surface area (Å²) >= 11 is 0. The van der Waals surface area contributed by atoms with Crippen molar-refractivity contribution in [3.8, 4) is 0 Å². The minimum Gasteiger partial charge on any atom is -0.461 e. The molecule has 2 rings (SSSR count). The third kappa shape index (κ3) is 5.41. The topological polar surface area (TPSA) is 103 Å². The number of carbonyl (C=O) groups is 3. The van der Waals surface area contributed by atoms with Crippen molar-refractivity contribution in [3.05, 3.63) is 35.9 Å². The molecule has 0 saturated carbocycles. The highest BCUT2D eigenvalue weighted by Gasteiger charge is 2.30. The van der Waals surface area contributed by atoms with E-state index >= 15 is 0 Å². The lowest BCUT2D eigenvalue weighted by Crippen LogP contribution is -2.51. The average molecular weight is 336 g/mol. The van der Waals surface area contributed by atoms with Crippen LogP contribution in [0.4, 0.5) is 0 Å². The zero-order valence-corrected chi connectivity index (χ0v) is 13.3. The molecule has 8 nitrogen and oxygen atoms in total. The highest BCUT2D eigenvalue weighted by atomic mass is 16.6. The fourth-order valence-corrected chi connectivity index (χ4v) is 2.26. The number of nitrogens with one attached hydrogen (secondary N) is 2. The Hall–Kier alpha value is -2.29. The molecular weight excluding hydrogens is 316 g/mol. The van der Waals surface area contributed by atoms with Crippen molar-refractivity contribution in [2.45, 2.75) is 31.5 Å². The molecule has 0 bridgehead atoms. The first-order valence-electron chi connectivity index (χ1n) is 7.58. The molecule has 1 heterocycles. The highest BCUT2D eigenvalue weighted by molar-refractivity contribution is 6.31. The first-order chi connectivity index (χ1) is 11.6.